The first-order chi connectivity index (χ1) is 7.54. The van der Waals surface area contributed by atoms with Crippen LogP contribution in [0.3, 0.4) is 0 Å². The molecule has 0 rings (SSSR count). The van der Waals surface area contributed by atoms with Crippen LogP contribution in [0.4, 0.5) is 0 Å². The first-order valence-corrected chi connectivity index (χ1v) is 5.77. The van der Waals surface area contributed by atoms with Gasteiger partial charge in [0, 0.05) is 0 Å². The maximum atomic E-state index is 9.43. The third-order valence-electron chi connectivity index (χ3n) is 1.91. The molecule has 0 fully saturated rings. The quantitative estimate of drug-likeness (QED) is 0.218. The summed E-state index contributed by atoms with van der Waals surface area (Å²) in [5.74, 6) is -2.62. The fourth-order valence-corrected chi connectivity index (χ4v) is 1.09. The van der Waals surface area contributed by atoms with Gasteiger partial charge in [0.1, 0.15) is 6.42 Å². The van der Waals surface area contributed by atoms with Crippen molar-refractivity contribution in [3.63, 3.8) is 0 Å². The number of hydrogen-bond donors (Lipinski definition) is 2. The third-order valence-corrected chi connectivity index (χ3v) is 1.91. The first-order valence-electron chi connectivity index (χ1n) is 5.77. The summed E-state index contributed by atoms with van der Waals surface area (Å²) in [6, 6.07) is 0. The van der Waals surface area contributed by atoms with Crippen LogP contribution < -0.4 is 70.2 Å². The van der Waals surface area contributed by atoms with Crippen molar-refractivity contribution in [1.29, 1.82) is 0 Å². The maximum Gasteiger partial charge on any atom is 1.00 e. The molecule has 0 aliphatic carbocycles. The summed E-state index contributed by atoms with van der Waals surface area (Å²) in [7, 11) is 0. The number of hydrogen-bond acceptors (Lipinski definition) is 2. The molecule has 98 valence electrons. The van der Waals surface area contributed by atoms with Gasteiger partial charge in [0.15, 0.2) is 0 Å². The Morgan fingerprint density at radius 2 is 1.39 bits per heavy atom. The van der Waals surface area contributed by atoms with E-state index < -0.39 is 18.4 Å². The van der Waals surface area contributed by atoms with Crippen molar-refractivity contribution in [2.75, 3.05) is 0 Å². The van der Waals surface area contributed by atoms with Crippen LogP contribution in [0.15, 0.2) is 0 Å². The maximum absolute atomic E-state index is 9.43. The van der Waals surface area contributed by atoms with E-state index in [-0.39, 0.29) is 71.7 Å². The van der Waals surface area contributed by atoms with Crippen LogP contribution in [0.25, 0.3) is 0 Å². The van der Waals surface area contributed by atoms with Crippen LogP contribution in [0.2, 0.25) is 0 Å². The van der Waals surface area contributed by atoms with E-state index in [0.29, 0.717) is 0 Å². The second-order valence-corrected chi connectivity index (χ2v) is 3.59. The molecule has 0 aromatic carbocycles. The van der Waals surface area contributed by atoms with Crippen molar-refractivity contribution in [1.82, 2.24) is 0 Å². The molecule has 0 bridgehead atoms. The van der Waals surface area contributed by atoms with Gasteiger partial charge in [-0.15, -0.1) is 0 Å². The molecule has 6 heteroatoms. The summed E-state index contributed by atoms with van der Waals surface area (Å²) >= 11 is 0. The number of carboxylic acid groups (broad SMARTS) is 2. The van der Waals surface area contributed by atoms with Gasteiger partial charge in [-0.1, -0.05) is 45.4 Å². The summed E-state index contributed by atoms with van der Waals surface area (Å²) in [5.41, 5.74) is 0. The second kappa shape index (κ2) is 23.3. The predicted molar refractivity (Wildman–Crippen MR) is 64.4 cm³/mol. The molecule has 0 unspecified atom stereocenters. The molecule has 0 saturated carbocycles. The van der Waals surface area contributed by atoms with Crippen LogP contribution in [-0.2, 0) is 9.59 Å². The second-order valence-electron chi connectivity index (χ2n) is 3.59. The zero-order chi connectivity index (χ0) is 12.8. The standard InChI is InChI=1S/C9H19.C3H4O4.K.Li.H/c1-3-5-7-9-8-6-4-2;4-2(5)1-3(6)7;;;/h1,3-9H2,2H3;1H2,(H,4,5)(H,6,7);;;/q-1;;2*+1;-1. The average molecular weight is 278 g/mol. The molecule has 0 aliphatic rings. The molecular formula is C12H24KLiO4. The van der Waals surface area contributed by atoms with Gasteiger partial charge in [-0.2, -0.15) is 6.42 Å². The Labute approximate surface area is 166 Å². The van der Waals surface area contributed by atoms with E-state index in [1.54, 1.807) is 0 Å². The summed E-state index contributed by atoms with van der Waals surface area (Å²) in [5, 5.41) is 15.4. The molecular weight excluding hydrogens is 254 g/mol. The van der Waals surface area contributed by atoms with Crippen molar-refractivity contribution in [3.05, 3.63) is 6.92 Å². The molecule has 0 radical (unpaired) electrons. The van der Waals surface area contributed by atoms with Crippen molar-refractivity contribution in [2.24, 2.45) is 0 Å². The summed E-state index contributed by atoms with van der Waals surface area (Å²) < 4.78 is 0. The normalized spacial score (nSPS) is 8.11. The molecule has 0 saturated heterocycles. The summed E-state index contributed by atoms with van der Waals surface area (Å²) in [4.78, 5) is 18.9. The number of unbranched alkanes of at least 4 members (excludes halogenated alkanes) is 6. The van der Waals surface area contributed by atoms with Crippen LogP contribution in [0.5, 0.6) is 0 Å². The Morgan fingerprint density at radius 3 is 1.67 bits per heavy atom. The zero-order valence-corrected chi connectivity index (χ0v) is 15.2. The van der Waals surface area contributed by atoms with Gasteiger partial charge >= 0.3 is 82.2 Å². The van der Waals surface area contributed by atoms with E-state index in [1.807, 2.05) is 0 Å². The number of rotatable bonds is 8. The average Bonchev–Trinajstić information content (AvgIpc) is 2.16. The summed E-state index contributed by atoms with van der Waals surface area (Å²) in [6.45, 7) is 6.05. The molecule has 18 heavy (non-hydrogen) atoms. The van der Waals surface area contributed by atoms with Crippen LogP contribution >= 0.6 is 0 Å². The predicted octanol–water partition coefficient (Wildman–Crippen LogP) is -2.76. The molecule has 0 atom stereocenters. The van der Waals surface area contributed by atoms with E-state index in [0.717, 1.165) is 6.42 Å². The van der Waals surface area contributed by atoms with Crippen LogP contribution in [0.1, 0.15) is 59.7 Å². The number of carbonyl (C=O) groups is 2. The monoisotopic (exact) mass is 278 g/mol. The van der Waals surface area contributed by atoms with E-state index >= 15 is 0 Å². The fourth-order valence-electron chi connectivity index (χ4n) is 1.09. The van der Waals surface area contributed by atoms with Crippen LogP contribution in [0, 0.1) is 6.92 Å². The Kier molecular flexibility index (Phi) is 35.6. The molecule has 2 N–H and O–H groups in total. The molecule has 0 aromatic rings. The molecule has 0 aromatic heterocycles. The van der Waals surface area contributed by atoms with Gasteiger partial charge in [-0.25, -0.2) is 0 Å². The third kappa shape index (κ3) is 36.0. The van der Waals surface area contributed by atoms with E-state index in [9.17, 15) is 9.59 Å². The van der Waals surface area contributed by atoms with Crippen molar-refractivity contribution >= 4 is 11.9 Å². The van der Waals surface area contributed by atoms with Gasteiger partial charge in [-0.3, -0.25) is 9.59 Å². The molecule has 0 aliphatic heterocycles. The molecule has 0 amide bonds. The Balaban J connectivity index is -0.0000000607. The van der Waals surface area contributed by atoms with Crippen molar-refractivity contribution in [2.45, 2.75) is 58.3 Å². The summed E-state index contributed by atoms with van der Waals surface area (Å²) in [6.07, 6.45) is 8.64. The molecule has 0 heterocycles. The van der Waals surface area contributed by atoms with Crippen molar-refractivity contribution in [3.8, 4) is 0 Å². The fraction of sp³-hybridized carbons (Fsp3) is 0.750. The number of aliphatic carboxylic acids is 2. The SMILES string of the molecule is O=C(O)CC(=O)O.[CH2-]CCCCCCCC.[H-].[K+].[Li+]. The van der Waals surface area contributed by atoms with E-state index in [4.69, 9.17) is 10.2 Å². The first kappa shape index (κ1) is 27.5. The van der Waals surface area contributed by atoms with Crippen molar-refractivity contribution < 1.29 is 91.5 Å². The van der Waals surface area contributed by atoms with E-state index in [2.05, 4.69) is 13.8 Å². The van der Waals surface area contributed by atoms with Gasteiger partial charge in [0.05, 0.1) is 0 Å². The van der Waals surface area contributed by atoms with Crippen LogP contribution in [-0.4, -0.2) is 22.2 Å². The smallest absolute Gasteiger partial charge is 1.00 e. The topological polar surface area (TPSA) is 74.6 Å². The minimum Gasteiger partial charge on any atom is -1.00 e. The molecule has 0 spiro atoms. The Morgan fingerprint density at radius 1 is 1.00 bits per heavy atom. The Bertz CT molecular complexity index is 177. The Hall–Kier alpha value is 1.17. The zero-order valence-electron chi connectivity index (χ0n) is 13.1. The van der Waals surface area contributed by atoms with Gasteiger partial charge in [0.2, 0.25) is 0 Å². The minimum atomic E-state index is -1.31. The van der Waals surface area contributed by atoms with Gasteiger partial charge < -0.3 is 18.6 Å². The van der Waals surface area contributed by atoms with E-state index in [1.165, 1.54) is 38.5 Å². The van der Waals surface area contributed by atoms with Gasteiger partial charge in [-0.05, 0) is 0 Å². The molecule has 4 nitrogen and oxygen atoms in total. The van der Waals surface area contributed by atoms with Gasteiger partial charge in [0.25, 0.3) is 0 Å². The minimum absolute atomic E-state index is 0. The number of carboxylic acids is 2. The largest absolute Gasteiger partial charge is 1.00 e.